The van der Waals surface area contributed by atoms with Crippen LogP contribution in [0.4, 0.5) is 0 Å². The van der Waals surface area contributed by atoms with Gasteiger partial charge in [0.2, 0.25) is 5.91 Å². The van der Waals surface area contributed by atoms with Crippen molar-refractivity contribution in [3.8, 4) is 11.5 Å². The summed E-state index contributed by atoms with van der Waals surface area (Å²) in [5.74, 6) is 0.809. The van der Waals surface area contributed by atoms with E-state index in [1.165, 1.54) is 0 Å². The molecule has 0 fully saturated rings. The third-order valence-electron chi connectivity index (χ3n) is 3.37. The molecule has 26 heavy (non-hydrogen) atoms. The summed E-state index contributed by atoms with van der Waals surface area (Å²) in [7, 11) is 0. The Balaban J connectivity index is 1.62. The van der Waals surface area contributed by atoms with Crippen molar-refractivity contribution in [2.45, 2.75) is 19.8 Å². The number of hydrogen-bond donors (Lipinski definition) is 2. The lowest BCUT2D eigenvalue weighted by atomic mass is 10.2. The summed E-state index contributed by atoms with van der Waals surface area (Å²) in [4.78, 5) is 23.6. The van der Waals surface area contributed by atoms with Gasteiger partial charge in [0, 0.05) is 17.0 Å². The van der Waals surface area contributed by atoms with E-state index in [9.17, 15) is 9.59 Å². The average Bonchev–Trinajstić information content (AvgIpc) is 2.65. The van der Waals surface area contributed by atoms with Gasteiger partial charge in [-0.3, -0.25) is 20.4 Å². The van der Waals surface area contributed by atoms with Gasteiger partial charge >= 0.3 is 0 Å². The number of hydrogen-bond acceptors (Lipinski definition) is 4. The molecule has 0 aliphatic rings. The highest BCUT2D eigenvalue weighted by molar-refractivity contribution is 6.30. The summed E-state index contributed by atoms with van der Waals surface area (Å²) in [5.41, 5.74) is 5.14. The molecule has 2 aromatic rings. The second kappa shape index (κ2) is 10.3. The van der Waals surface area contributed by atoms with Gasteiger partial charge in [-0.05, 0) is 61.9 Å². The van der Waals surface area contributed by atoms with Crippen LogP contribution in [0.3, 0.4) is 0 Å². The summed E-state index contributed by atoms with van der Waals surface area (Å²) >= 11 is 5.76. The topological polar surface area (TPSA) is 76.7 Å². The fourth-order valence-corrected chi connectivity index (χ4v) is 2.21. The van der Waals surface area contributed by atoms with Crippen molar-refractivity contribution in [1.29, 1.82) is 0 Å². The molecular weight excluding hydrogens is 356 g/mol. The Kier molecular flexibility index (Phi) is 7.76. The molecule has 2 rings (SSSR count). The van der Waals surface area contributed by atoms with Crippen LogP contribution in [0.5, 0.6) is 11.5 Å². The van der Waals surface area contributed by atoms with Crippen LogP contribution in [0.2, 0.25) is 5.02 Å². The number of carbonyl (C=O) groups excluding carboxylic acids is 2. The maximum Gasteiger partial charge on any atom is 0.269 e. The van der Waals surface area contributed by atoms with Crippen LogP contribution in [0.25, 0.3) is 0 Å². The molecule has 0 heterocycles. The van der Waals surface area contributed by atoms with Crippen LogP contribution in [-0.4, -0.2) is 25.0 Å². The van der Waals surface area contributed by atoms with Crippen LogP contribution in [-0.2, 0) is 4.79 Å². The largest absolute Gasteiger partial charge is 0.494 e. The van der Waals surface area contributed by atoms with E-state index in [0.717, 1.165) is 5.75 Å². The molecule has 6 nitrogen and oxygen atoms in total. The summed E-state index contributed by atoms with van der Waals surface area (Å²) in [6.45, 7) is 2.93. The highest BCUT2D eigenvalue weighted by atomic mass is 35.5. The molecule has 2 amide bonds. The van der Waals surface area contributed by atoms with Crippen molar-refractivity contribution >= 4 is 23.4 Å². The quantitative estimate of drug-likeness (QED) is 0.547. The smallest absolute Gasteiger partial charge is 0.269 e. The average molecular weight is 377 g/mol. The van der Waals surface area contributed by atoms with E-state index < -0.39 is 5.91 Å². The highest BCUT2D eigenvalue weighted by Crippen LogP contribution is 2.17. The zero-order chi connectivity index (χ0) is 18.8. The van der Waals surface area contributed by atoms with Crippen molar-refractivity contribution in [3.05, 3.63) is 59.1 Å². The Morgan fingerprint density at radius 3 is 2.15 bits per heavy atom. The van der Waals surface area contributed by atoms with Crippen LogP contribution >= 0.6 is 11.6 Å². The van der Waals surface area contributed by atoms with Crippen LogP contribution < -0.4 is 20.3 Å². The molecule has 2 aromatic carbocycles. The van der Waals surface area contributed by atoms with Gasteiger partial charge in [0.25, 0.3) is 5.91 Å². The number of hydrazine groups is 1. The molecule has 0 unspecified atom stereocenters. The minimum atomic E-state index is -0.402. The Labute approximate surface area is 157 Å². The first kappa shape index (κ1) is 19.6. The Morgan fingerprint density at radius 2 is 1.54 bits per heavy atom. The van der Waals surface area contributed by atoms with E-state index in [-0.39, 0.29) is 12.3 Å². The van der Waals surface area contributed by atoms with Gasteiger partial charge in [0.05, 0.1) is 13.2 Å². The number of amides is 2. The van der Waals surface area contributed by atoms with Crippen molar-refractivity contribution in [3.63, 3.8) is 0 Å². The normalized spacial score (nSPS) is 10.1. The van der Waals surface area contributed by atoms with Gasteiger partial charge in [0.15, 0.2) is 0 Å². The molecule has 0 spiro atoms. The third kappa shape index (κ3) is 6.64. The first-order valence-corrected chi connectivity index (χ1v) is 8.66. The number of carbonyl (C=O) groups is 2. The lowest BCUT2D eigenvalue weighted by molar-refractivity contribution is -0.122. The van der Waals surface area contributed by atoms with Gasteiger partial charge in [0.1, 0.15) is 11.5 Å². The van der Waals surface area contributed by atoms with Crippen molar-refractivity contribution in [1.82, 2.24) is 10.9 Å². The zero-order valence-corrected chi connectivity index (χ0v) is 15.2. The van der Waals surface area contributed by atoms with E-state index >= 15 is 0 Å². The van der Waals surface area contributed by atoms with Crippen molar-refractivity contribution in [2.75, 3.05) is 13.2 Å². The van der Waals surface area contributed by atoms with Gasteiger partial charge < -0.3 is 9.47 Å². The number of rotatable bonds is 8. The molecular formula is C19H21ClN2O4. The lowest BCUT2D eigenvalue weighted by Crippen LogP contribution is -2.41. The molecule has 0 aromatic heterocycles. The summed E-state index contributed by atoms with van der Waals surface area (Å²) in [6, 6.07) is 13.7. The minimum Gasteiger partial charge on any atom is -0.494 e. The molecule has 7 heteroatoms. The fourth-order valence-electron chi connectivity index (χ4n) is 2.08. The van der Waals surface area contributed by atoms with Gasteiger partial charge in [-0.2, -0.15) is 0 Å². The zero-order valence-electron chi connectivity index (χ0n) is 14.5. The SMILES string of the molecule is CCOc1ccc(OCCCC(=O)NNC(=O)c2ccc(Cl)cc2)cc1. The molecule has 0 aliphatic carbocycles. The second-order valence-corrected chi connectivity index (χ2v) is 5.80. The van der Waals surface area contributed by atoms with E-state index in [1.54, 1.807) is 24.3 Å². The second-order valence-electron chi connectivity index (χ2n) is 5.37. The number of benzene rings is 2. The summed E-state index contributed by atoms with van der Waals surface area (Å²) in [6.07, 6.45) is 0.758. The molecule has 0 bridgehead atoms. The minimum absolute atomic E-state index is 0.234. The number of ether oxygens (including phenoxy) is 2. The van der Waals surface area contributed by atoms with Gasteiger partial charge in [-0.15, -0.1) is 0 Å². The molecule has 0 saturated carbocycles. The molecule has 0 saturated heterocycles. The van der Waals surface area contributed by atoms with Crippen LogP contribution in [0, 0.1) is 0 Å². The monoisotopic (exact) mass is 376 g/mol. The van der Waals surface area contributed by atoms with E-state index in [4.69, 9.17) is 21.1 Å². The first-order valence-electron chi connectivity index (χ1n) is 8.29. The Bertz CT molecular complexity index is 717. The third-order valence-corrected chi connectivity index (χ3v) is 3.63. The number of halogens is 1. The highest BCUT2D eigenvalue weighted by Gasteiger charge is 2.07. The van der Waals surface area contributed by atoms with E-state index in [0.29, 0.717) is 36.0 Å². The Morgan fingerprint density at radius 1 is 0.923 bits per heavy atom. The Hall–Kier alpha value is -2.73. The molecule has 0 atom stereocenters. The first-order chi connectivity index (χ1) is 12.6. The van der Waals surface area contributed by atoms with Gasteiger partial charge in [-0.1, -0.05) is 11.6 Å². The number of nitrogens with one attached hydrogen (secondary N) is 2. The standard InChI is InChI=1S/C19H21ClN2O4/c1-2-25-16-9-11-17(12-10-16)26-13-3-4-18(23)21-22-19(24)14-5-7-15(20)8-6-14/h5-12H,2-4,13H2,1H3,(H,21,23)(H,22,24). The predicted octanol–water partition coefficient (Wildman–Crippen LogP) is 3.36. The predicted molar refractivity (Wildman–Crippen MR) is 99.4 cm³/mol. The summed E-state index contributed by atoms with van der Waals surface area (Å²) < 4.78 is 10.9. The molecule has 2 N–H and O–H groups in total. The lowest BCUT2D eigenvalue weighted by Gasteiger charge is -2.09. The van der Waals surface area contributed by atoms with Crippen LogP contribution in [0.1, 0.15) is 30.1 Å². The van der Waals surface area contributed by atoms with Crippen LogP contribution in [0.15, 0.2) is 48.5 Å². The van der Waals surface area contributed by atoms with Crippen molar-refractivity contribution < 1.29 is 19.1 Å². The van der Waals surface area contributed by atoms with E-state index in [1.807, 2.05) is 31.2 Å². The fraction of sp³-hybridized carbons (Fsp3) is 0.263. The molecule has 138 valence electrons. The summed E-state index contributed by atoms with van der Waals surface area (Å²) in [5, 5.41) is 0.540. The maximum absolute atomic E-state index is 11.8. The van der Waals surface area contributed by atoms with Gasteiger partial charge in [-0.25, -0.2) is 0 Å². The van der Waals surface area contributed by atoms with Crippen molar-refractivity contribution in [2.24, 2.45) is 0 Å². The van der Waals surface area contributed by atoms with E-state index in [2.05, 4.69) is 10.9 Å². The molecule has 0 aliphatic heterocycles. The molecule has 0 radical (unpaired) electrons. The maximum atomic E-state index is 11.8.